The van der Waals surface area contributed by atoms with Crippen LogP contribution in [0.2, 0.25) is 0 Å². The largest absolute Gasteiger partial charge is 0.490 e. The van der Waals surface area contributed by atoms with E-state index >= 15 is 0 Å². The first-order valence-electron chi connectivity index (χ1n) is 22.7. The predicted molar refractivity (Wildman–Crippen MR) is 238 cm³/mol. The van der Waals surface area contributed by atoms with Crippen molar-refractivity contribution in [3.63, 3.8) is 0 Å². The lowest BCUT2D eigenvalue weighted by molar-refractivity contribution is -0.131. The van der Waals surface area contributed by atoms with Crippen molar-refractivity contribution in [2.45, 2.75) is 151 Å². The minimum atomic E-state index is -2.57. The van der Waals surface area contributed by atoms with Gasteiger partial charge in [-0.3, -0.25) is 9.59 Å². The Morgan fingerprint density at radius 3 is 1.62 bits per heavy atom. The average molecular weight is 877 g/mol. The number of amides is 2. The predicted octanol–water partition coefficient (Wildman–Crippen LogP) is 10.9. The summed E-state index contributed by atoms with van der Waals surface area (Å²) in [5, 5.41) is 0. The lowest BCUT2D eigenvalue weighted by atomic mass is 9.90. The van der Waals surface area contributed by atoms with Gasteiger partial charge in [0.05, 0.1) is 36.7 Å². The number of ether oxygens (including phenoxy) is 1. The minimum absolute atomic E-state index is 0.0142. The number of hydrogen-bond acceptors (Lipinski definition) is 7. The molecule has 0 saturated heterocycles. The molecule has 0 saturated carbocycles. The Labute approximate surface area is 369 Å². The molecule has 2 aromatic carbocycles. The summed E-state index contributed by atoms with van der Waals surface area (Å²) < 4.78 is 66.2. The summed E-state index contributed by atoms with van der Waals surface area (Å²) in [4.78, 5) is 41.8. The molecule has 0 fully saturated rings. The molecule has 6 heterocycles. The molecule has 4 aliphatic rings. The van der Waals surface area contributed by atoms with E-state index in [1.165, 1.54) is 0 Å². The molecule has 342 valence electrons. The molecule has 0 aliphatic carbocycles. The number of carbonyl (C=O) groups excluding carboxylic acids is 2. The van der Waals surface area contributed by atoms with Crippen molar-refractivity contribution in [3.8, 4) is 5.75 Å². The number of rotatable bonds is 9. The molecule has 1 unspecified atom stereocenters. The van der Waals surface area contributed by atoms with Crippen LogP contribution in [0.1, 0.15) is 169 Å². The van der Waals surface area contributed by atoms with Gasteiger partial charge in [-0.1, -0.05) is 61.5 Å². The zero-order chi connectivity index (χ0) is 45.6. The van der Waals surface area contributed by atoms with Crippen molar-refractivity contribution in [3.05, 3.63) is 75.1 Å². The van der Waals surface area contributed by atoms with Crippen LogP contribution in [-0.2, 0) is 42.2 Å². The number of carbonyl (C=O) groups is 2. The van der Waals surface area contributed by atoms with Crippen LogP contribution in [0.4, 0.5) is 40.6 Å². The Balaban J connectivity index is 0.000000189. The topological polar surface area (TPSA) is 92.0 Å². The Morgan fingerprint density at radius 1 is 0.635 bits per heavy atom. The van der Waals surface area contributed by atoms with E-state index in [1.54, 1.807) is 32.0 Å². The summed E-state index contributed by atoms with van der Waals surface area (Å²) in [5.41, 5.74) is 6.05. The third kappa shape index (κ3) is 8.90. The van der Waals surface area contributed by atoms with Crippen molar-refractivity contribution in [1.82, 2.24) is 28.9 Å². The van der Waals surface area contributed by atoms with Crippen molar-refractivity contribution < 1.29 is 31.9 Å². The number of imidazole rings is 2. The summed E-state index contributed by atoms with van der Waals surface area (Å²) >= 11 is 0. The first kappa shape index (κ1) is 45.9. The van der Waals surface area contributed by atoms with Crippen LogP contribution in [0, 0.1) is 0 Å². The lowest BCUT2D eigenvalue weighted by Crippen LogP contribution is -2.38. The first-order chi connectivity index (χ1) is 29.9. The zero-order valence-electron chi connectivity index (χ0n) is 38.6. The van der Waals surface area contributed by atoms with Crippen molar-refractivity contribution in [2.75, 3.05) is 42.6 Å². The standard InChI is InChI=1S/C24H32F2N4O2.C24H32F2N4O/c1-6-15(4)17-12-21-19(11-18(17)22(25)26)30(9-10-32-21)24-20-13-28(16(5)31)7-8-29(20)23(27-24)14(2)3;1-14(2)18-11-17-7-6-8-29(20(17)12-19(18)22(25)26)24-21-13-28(16(5)31)9-10-30(21)23(27-24)15(3)4/h11-12,14-15,22H,6-10,13H2,1-5H3;11-12,14-15,22H,6-10,13H2,1-5H3. The quantitative estimate of drug-likeness (QED) is 0.155. The van der Waals surface area contributed by atoms with Gasteiger partial charge in [-0.05, 0) is 66.0 Å². The summed E-state index contributed by atoms with van der Waals surface area (Å²) in [6, 6.07) is 7.01. The molecular formula is C48H64F4N8O3. The van der Waals surface area contributed by atoms with Gasteiger partial charge in [0.2, 0.25) is 11.8 Å². The fourth-order valence-corrected chi connectivity index (χ4v) is 9.54. The average Bonchev–Trinajstić information content (AvgIpc) is 3.83. The van der Waals surface area contributed by atoms with Crippen LogP contribution in [0.15, 0.2) is 24.3 Å². The van der Waals surface area contributed by atoms with Crippen LogP contribution in [0.3, 0.4) is 0 Å². The van der Waals surface area contributed by atoms with E-state index in [0.29, 0.717) is 69.4 Å². The molecule has 1 atom stereocenters. The molecule has 2 amide bonds. The summed E-state index contributed by atoms with van der Waals surface area (Å²) in [5.74, 6) is 4.68. The second-order valence-corrected chi connectivity index (χ2v) is 18.4. The fraction of sp³-hybridized carbons (Fsp3) is 0.583. The number of halogens is 4. The van der Waals surface area contributed by atoms with Gasteiger partial charge < -0.3 is 33.5 Å². The molecule has 4 aliphatic heterocycles. The van der Waals surface area contributed by atoms with Gasteiger partial charge in [0, 0.05) is 75.2 Å². The van der Waals surface area contributed by atoms with Gasteiger partial charge in [0.1, 0.15) is 24.0 Å². The molecule has 8 rings (SSSR count). The number of aromatic nitrogens is 4. The molecule has 15 heteroatoms. The maximum atomic E-state index is 14.0. The number of alkyl halides is 4. The number of aryl methyl sites for hydroxylation is 1. The van der Waals surface area contributed by atoms with E-state index in [9.17, 15) is 27.2 Å². The van der Waals surface area contributed by atoms with Gasteiger partial charge in [-0.2, -0.15) is 0 Å². The highest BCUT2D eigenvalue weighted by Gasteiger charge is 2.35. The Kier molecular flexibility index (Phi) is 13.5. The van der Waals surface area contributed by atoms with Crippen LogP contribution in [-0.4, -0.2) is 73.5 Å². The smallest absolute Gasteiger partial charge is 0.264 e. The summed E-state index contributed by atoms with van der Waals surface area (Å²) in [6.45, 7) is 24.8. The van der Waals surface area contributed by atoms with Crippen molar-refractivity contribution >= 4 is 34.8 Å². The number of hydrogen-bond donors (Lipinski definition) is 0. The highest BCUT2D eigenvalue weighted by molar-refractivity contribution is 5.76. The third-order valence-electron chi connectivity index (χ3n) is 13.1. The SMILES string of the molecule is CC(=O)N1CCn2c(C(C)C)nc(N3CCCc4cc(C(C)C)c(C(F)F)cc43)c2C1.CCC(C)c1cc2c(cc1C(F)F)N(c1nc(C(C)C)n3c1CN(C(C)=O)CC3)CCO2. The van der Waals surface area contributed by atoms with Gasteiger partial charge in [-0.15, -0.1) is 0 Å². The zero-order valence-corrected chi connectivity index (χ0v) is 38.6. The van der Waals surface area contributed by atoms with Gasteiger partial charge in [0.25, 0.3) is 12.9 Å². The van der Waals surface area contributed by atoms with Gasteiger partial charge in [-0.25, -0.2) is 27.5 Å². The second-order valence-electron chi connectivity index (χ2n) is 18.4. The van der Waals surface area contributed by atoms with E-state index < -0.39 is 12.9 Å². The summed E-state index contributed by atoms with van der Waals surface area (Å²) in [6.07, 6.45) is -2.49. The number of anilines is 4. The van der Waals surface area contributed by atoms with Crippen LogP contribution < -0.4 is 14.5 Å². The van der Waals surface area contributed by atoms with E-state index in [0.717, 1.165) is 77.3 Å². The molecule has 2 aromatic heterocycles. The molecule has 0 radical (unpaired) electrons. The molecule has 0 bridgehead atoms. The second kappa shape index (κ2) is 18.6. The highest BCUT2D eigenvalue weighted by atomic mass is 19.3. The molecule has 0 N–H and O–H groups in total. The highest BCUT2D eigenvalue weighted by Crippen LogP contribution is 2.46. The minimum Gasteiger partial charge on any atom is -0.490 e. The van der Waals surface area contributed by atoms with Crippen molar-refractivity contribution in [1.29, 1.82) is 0 Å². The Bertz CT molecular complexity index is 2340. The monoisotopic (exact) mass is 877 g/mol. The fourth-order valence-electron chi connectivity index (χ4n) is 9.54. The molecule has 4 aromatic rings. The Morgan fingerprint density at radius 2 is 1.14 bits per heavy atom. The Hall–Kier alpha value is -5.08. The normalized spacial score (nSPS) is 16.6. The lowest BCUT2D eigenvalue weighted by Gasteiger charge is -2.34. The van der Waals surface area contributed by atoms with E-state index in [2.05, 4.69) is 41.7 Å². The summed E-state index contributed by atoms with van der Waals surface area (Å²) in [7, 11) is 0. The maximum Gasteiger partial charge on any atom is 0.264 e. The molecule has 63 heavy (non-hydrogen) atoms. The number of nitrogens with zero attached hydrogens (tertiary/aromatic N) is 8. The maximum absolute atomic E-state index is 14.0. The number of fused-ring (bicyclic) bond motifs is 4. The molecule has 11 nitrogen and oxygen atoms in total. The number of benzene rings is 2. The van der Waals surface area contributed by atoms with E-state index in [-0.39, 0.29) is 46.6 Å². The van der Waals surface area contributed by atoms with Crippen LogP contribution >= 0.6 is 0 Å². The van der Waals surface area contributed by atoms with Crippen LogP contribution in [0.25, 0.3) is 0 Å². The van der Waals surface area contributed by atoms with E-state index in [4.69, 9.17) is 14.7 Å². The van der Waals surface area contributed by atoms with Crippen LogP contribution in [0.5, 0.6) is 5.75 Å². The third-order valence-corrected chi connectivity index (χ3v) is 13.1. The first-order valence-corrected chi connectivity index (χ1v) is 22.7. The van der Waals surface area contributed by atoms with Crippen molar-refractivity contribution in [2.24, 2.45) is 0 Å². The van der Waals surface area contributed by atoms with Gasteiger partial charge in [0.15, 0.2) is 11.6 Å². The molecule has 0 spiro atoms. The molecular weight excluding hydrogens is 813 g/mol. The van der Waals surface area contributed by atoms with E-state index in [1.807, 2.05) is 48.5 Å². The van der Waals surface area contributed by atoms with Gasteiger partial charge >= 0.3 is 0 Å².